The van der Waals surface area contributed by atoms with E-state index in [2.05, 4.69) is 44.1 Å². The van der Waals surface area contributed by atoms with E-state index in [1.54, 1.807) is 18.5 Å². The Labute approximate surface area is 138 Å². The second-order valence-electron chi connectivity index (χ2n) is 5.54. The van der Waals surface area contributed by atoms with Crippen molar-refractivity contribution in [2.75, 3.05) is 23.3 Å². The van der Waals surface area contributed by atoms with Crippen LogP contribution in [0.5, 0.6) is 0 Å². The van der Waals surface area contributed by atoms with E-state index < -0.39 is 0 Å². The summed E-state index contributed by atoms with van der Waals surface area (Å²) in [7, 11) is 0. The molecule has 22 heavy (non-hydrogen) atoms. The summed E-state index contributed by atoms with van der Waals surface area (Å²) < 4.78 is 0.792. The highest BCUT2D eigenvalue weighted by Gasteiger charge is 2.15. The number of anilines is 2. The monoisotopic (exact) mass is 359 g/mol. The van der Waals surface area contributed by atoms with E-state index in [1.807, 2.05) is 12.1 Å². The van der Waals surface area contributed by atoms with Crippen LogP contribution in [0.25, 0.3) is 0 Å². The second kappa shape index (κ2) is 6.48. The molecule has 0 unspecified atom stereocenters. The maximum Gasteiger partial charge on any atom is 0.257 e. The fraction of sp³-hybridized carbons (Fsp3) is 0.294. The molecule has 5 heteroatoms. The molecule has 0 aliphatic carbocycles. The van der Waals surface area contributed by atoms with Crippen LogP contribution in [0.3, 0.4) is 0 Å². The summed E-state index contributed by atoms with van der Waals surface area (Å²) >= 11 is 3.33. The van der Waals surface area contributed by atoms with Crippen molar-refractivity contribution < 1.29 is 4.79 Å². The number of aromatic nitrogens is 1. The van der Waals surface area contributed by atoms with Gasteiger partial charge in [0.25, 0.3) is 5.91 Å². The molecule has 1 fully saturated rings. The largest absolute Gasteiger partial charge is 0.371 e. The molecule has 0 atom stereocenters. The molecule has 4 nitrogen and oxygen atoms in total. The maximum absolute atomic E-state index is 12.2. The standard InChI is InChI=1S/C17H18BrN3O/c1-12-8-15(4-5-16(12)21-6-2-3-7-21)20-17(22)13-9-14(18)11-19-10-13/h4-5,8-11H,2-3,6-7H2,1H3,(H,20,22). The highest BCUT2D eigenvalue weighted by molar-refractivity contribution is 9.10. The molecule has 1 aromatic heterocycles. The second-order valence-corrected chi connectivity index (χ2v) is 6.46. The SMILES string of the molecule is Cc1cc(NC(=O)c2cncc(Br)c2)ccc1N1CCCC1. The summed E-state index contributed by atoms with van der Waals surface area (Å²) in [6, 6.07) is 7.84. The number of amides is 1. The zero-order valence-electron chi connectivity index (χ0n) is 12.5. The molecule has 3 rings (SSSR count). The van der Waals surface area contributed by atoms with Crippen molar-refractivity contribution in [3.05, 3.63) is 52.3 Å². The van der Waals surface area contributed by atoms with Crippen LogP contribution < -0.4 is 10.2 Å². The van der Waals surface area contributed by atoms with E-state index in [4.69, 9.17) is 0 Å². The van der Waals surface area contributed by atoms with Crippen molar-refractivity contribution in [2.24, 2.45) is 0 Å². The predicted molar refractivity (Wildman–Crippen MR) is 92.5 cm³/mol. The van der Waals surface area contributed by atoms with Gasteiger partial charge in [0, 0.05) is 41.3 Å². The zero-order valence-corrected chi connectivity index (χ0v) is 14.1. The molecule has 0 saturated carbocycles. The number of nitrogens with one attached hydrogen (secondary N) is 1. The molecule has 0 bridgehead atoms. The summed E-state index contributed by atoms with van der Waals surface area (Å²) in [5.41, 5.74) is 3.80. The molecule has 2 aromatic rings. The lowest BCUT2D eigenvalue weighted by molar-refractivity contribution is 0.102. The molecule has 114 valence electrons. The molecule has 1 N–H and O–H groups in total. The fourth-order valence-corrected chi connectivity index (χ4v) is 3.15. The van der Waals surface area contributed by atoms with Crippen molar-refractivity contribution in [3.8, 4) is 0 Å². The number of halogens is 1. The number of rotatable bonds is 3. The minimum Gasteiger partial charge on any atom is -0.371 e. The smallest absolute Gasteiger partial charge is 0.257 e. The van der Waals surface area contributed by atoms with Crippen molar-refractivity contribution >= 4 is 33.2 Å². The zero-order chi connectivity index (χ0) is 15.5. The Bertz CT molecular complexity index is 696. The molecule has 1 amide bonds. The number of hydrogen-bond acceptors (Lipinski definition) is 3. The number of carbonyl (C=O) groups excluding carboxylic acids is 1. The van der Waals surface area contributed by atoms with E-state index in [1.165, 1.54) is 24.1 Å². The van der Waals surface area contributed by atoms with Crippen molar-refractivity contribution in [2.45, 2.75) is 19.8 Å². The Balaban J connectivity index is 1.75. The summed E-state index contributed by atoms with van der Waals surface area (Å²) in [6.45, 7) is 4.33. The minimum absolute atomic E-state index is 0.151. The van der Waals surface area contributed by atoms with Crippen LogP contribution in [-0.2, 0) is 0 Å². The normalized spacial score (nSPS) is 14.2. The summed E-state index contributed by atoms with van der Waals surface area (Å²) in [5, 5.41) is 2.93. The Kier molecular flexibility index (Phi) is 4.43. The van der Waals surface area contributed by atoms with Gasteiger partial charge in [0.2, 0.25) is 0 Å². The molecule has 0 spiro atoms. The van der Waals surface area contributed by atoms with Crippen molar-refractivity contribution in [1.29, 1.82) is 0 Å². The van der Waals surface area contributed by atoms with Gasteiger partial charge < -0.3 is 10.2 Å². The first-order valence-corrected chi connectivity index (χ1v) is 8.20. The number of hydrogen-bond donors (Lipinski definition) is 1. The van der Waals surface area contributed by atoms with Gasteiger partial charge in [-0.25, -0.2) is 0 Å². The van der Waals surface area contributed by atoms with Crippen LogP contribution in [0.4, 0.5) is 11.4 Å². The lowest BCUT2D eigenvalue weighted by Crippen LogP contribution is -2.19. The maximum atomic E-state index is 12.2. The minimum atomic E-state index is -0.151. The van der Waals surface area contributed by atoms with Gasteiger partial charge in [-0.2, -0.15) is 0 Å². The molecular weight excluding hydrogens is 342 g/mol. The van der Waals surface area contributed by atoms with Crippen LogP contribution in [-0.4, -0.2) is 24.0 Å². The van der Waals surface area contributed by atoms with E-state index in [-0.39, 0.29) is 5.91 Å². The Morgan fingerprint density at radius 3 is 2.68 bits per heavy atom. The Hall–Kier alpha value is -1.88. The molecule has 1 aromatic carbocycles. The van der Waals surface area contributed by atoms with Gasteiger partial charge in [0.1, 0.15) is 0 Å². The lowest BCUT2D eigenvalue weighted by Gasteiger charge is -2.20. The highest BCUT2D eigenvalue weighted by atomic mass is 79.9. The first-order chi connectivity index (χ1) is 10.6. The van der Waals surface area contributed by atoms with Crippen LogP contribution in [0.1, 0.15) is 28.8 Å². The number of nitrogens with zero attached hydrogens (tertiary/aromatic N) is 2. The first-order valence-electron chi connectivity index (χ1n) is 7.41. The van der Waals surface area contributed by atoms with Gasteiger partial charge in [-0.15, -0.1) is 0 Å². The third-order valence-corrected chi connectivity index (χ3v) is 4.30. The molecule has 1 aliphatic rings. The third kappa shape index (κ3) is 3.30. The molecule has 2 heterocycles. The predicted octanol–water partition coefficient (Wildman–Crippen LogP) is 4.01. The van der Waals surface area contributed by atoms with E-state index in [0.29, 0.717) is 5.56 Å². The number of benzene rings is 1. The number of aryl methyl sites for hydroxylation is 1. The van der Waals surface area contributed by atoms with Gasteiger partial charge in [-0.05, 0) is 65.5 Å². The van der Waals surface area contributed by atoms with Gasteiger partial charge in [-0.1, -0.05) is 0 Å². The molecule has 1 saturated heterocycles. The third-order valence-electron chi connectivity index (χ3n) is 3.87. The van der Waals surface area contributed by atoms with E-state index in [0.717, 1.165) is 23.2 Å². The van der Waals surface area contributed by atoms with Gasteiger partial charge in [-0.3, -0.25) is 9.78 Å². The Morgan fingerprint density at radius 1 is 1.23 bits per heavy atom. The topological polar surface area (TPSA) is 45.2 Å². The lowest BCUT2D eigenvalue weighted by atomic mass is 10.1. The van der Waals surface area contributed by atoms with Crippen LogP contribution in [0.2, 0.25) is 0 Å². The van der Waals surface area contributed by atoms with Crippen molar-refractivity contribution in [3.63, 3.8) is 0 Å². The van der Waals surface area contributed by atoms with Gasteiger partial charge in [0.05, 0.1) is 5.56 Å². The summed E-state index contributed by atoms with van der Waals surface area (Å²) in [5.74, 6) is -0.151. The van der Waals surface area contributed by atoms with Crippen LogP contribution >= 0.6 is 15.9 Å². The van der Waals surface area contributed by atoms with Crippen LogP contribution in [0.15, 0.2) is 41.1 Å². The quantitative estimate of drug-likeness (QED) is 0.900. The first kappa shape index (κ1) is 15.0. The molecular formula is C17H18BrN3O. The van der Waals surface area contributed by atoms with Crippen molar-refractivity contribution in [1.82, 2.24) is 4.98 Å². The molecule has 1 aliphatic heterocycles. The van der Waals surface area contributed by atoms with E-state index >= 15 is 0 Å². The average Bonchev–Trinajstić information content (AvgIpc) is 3.01. The highest BCUT2D eigenvalue weighted by Crippen LogP contribution is 2.27. The van der Waals surface area contributed by atoms with E-state index in [9.17, 15) is 4.79 Å². The Morgan fingerprint density at radius 2 is 2.00 bits per heavy atom. The molecule has 0 radical (unpaired) electrons. The average molecular weight is 360 g/mol. The van der Waals surface area contributed by atoms with Crippen LogP contribution in [0, 0.1) is 6.92 Å². The number of carbonyl (C=O) groups is 1. The summed E-state index contributed by atoms with van der Waals surface area (Å²) in [6.07, 6.45) is 5.74. The summed E-state index contributed by atoms with van der Waals surface area (Å²) in [4.78, 5) is 18.7. The van der Waals surface area contributed by atoms with Gasteiger partial charge in [0.15, 0.2) is 0 Å². The fourth-order valence-electron chi connectivity index (χ4n) is 2.79. The number of pyridine rings is 1. The van der Waals surface area contributed by atoms with Gasteiger partial charge >= 0.3 is 0 Å².